The maximum absolute atomic E-state index is 12.0. The third-order valence-corrected chi connectivity index (χ3v) is 6.20. The Kier molecular flexibility index (Phi) is 5.04. The molecule has 0 aromatic heterocycles. The predicted molar refractivity (Wildman–Crippen MR) is 77.5 cm³/mol. The molecule has 1 saturated carbocycles. The topological polar surface area (TPSA) is 92.5 Å². The van der Waals surface area contributed by atoms with Crippen LogP contribution in [0.3, 0.4) is 0 Å². The molecule has 1 aliphatic heterocycles. The van der Waals surface area contributed by atoms with Crippen molar-refractivity contribution in [1.82, 2.24) is 9.62 Å². The summed E-state index contributed by atoms with van der Waals surface area (Å²) in [6, 6.07) is 0.0690. The van der Waals surface area contributed by atoms with Gasteiger partial charge in [0.05, 0.1) is 5.75 Å². The third-order valence-electron chi connectivity index (χ3n) is 4.32. The van der Waals surface area contributed by atoms with Crippen molar-refractivity contribution in [3.05, 3.63) is 0 Å². The summed E-state index contributed by atoms with van der Waals surface area (Å²) >= 11 is 0. The van der Waals surface area contributed by atoms with Crippen LogP contribution in [0.4, 0.5) is 0 Å². The van der Waals surface area contributed by atoms with Crippen LogP contribution in [0.1, 0.15) is 32.6 Å². The Bertz CT molecular complexity index is 440. The van der Waals surface area contributed by atoms with E-state index in [0.717, 1.165) is 0 Å². The first kappa shape index (κ1) is 15.7. The lowest BCUT2D eigenvalue weighted by atomic mass is 9.97. The van der Waals surface area contributed by atoms with E-state index in [1.807, 2.05) is 0 Å². The number of carbonyl (C=O) groups excluding carboxylic acids is 1. The van der Waals surface area contributed by atoms with Crippen LogP contribution in [-0.2, 0) is 14.8 Å². The Morgan fingerprint density at radius 3 is 2.40 bits per heavy atom. The Balaban J connectivity index is 1.74. The van der Waals surface area contributed by atoms with Crippen LogP contribution in [0.2, 0.25) is 0 Å². The fourth-order valence-electron chi connectivity index (χ4n) is 2.63. The molecule has 6 nitrogen and oxygen atoms in total. The minimum atomic E-state index is -3.12. The van der Waals surface area contributed by atoms with E-state index in [1.54, 1.807) is 6.92 Å². The quantitative estimate of drug-likeness (QED) is 0.717. The number of rotatable bonds is 6. The lowest BCUT2D eigenvalue weighted by Crippen LogP contribution is -2.46. The molecule has 0 aromatic rings. The number of carbonyl (C=O) groups is 1. The van der Waals surface area contributed by atoms with E-state index in [9.17, 15) is 13.2 Å². The van der Waals surface area contributed by atoms with Gasteiger partial charge in [-0.25, -0.2) is 12.7 Å². The number of sulfonamides is 1. The monoisotopic (exact) mass is 303 g/mol. The molecule has 0 aromatic carbocycles. The SMILES string of the molecule is CCS(=O)(=O)N1CCC(C(=O)NCC(N)C2CC2)CC1. The minimum Gasteiger partial charge on any atom is -0.354 e. The highest BCUT2D eigenvalue weighted by Crippen LogP contribution is 2.31. The summed E-state index contributed by atoms with van der Waals surface area (Å²) in [6.07, 6.45) is 3.54. The smallest absolute Gasteiger partial charge is 0.223 e. The summed E-state index contributed by atoms with van der Waals surface area (Å²) < 4.78 is 25.0. The van der Waals surface area contributed by atoms with Gasteiger partial charge in [-0.05, 0) is 38.5 Å². The summed E-state index contributed by atoms with van der Waals surface area (Å²) in [7, 11) is -3.12. The van der Waals surface area contributed by atoms with Gasteiger partial charge in [0.2, 0.25) is 15.9 Å². The number of amides is 1. The third kappa shape index (κ3) is 3.93. The summed E-state index contributed by atoms with van der Waals surface area (Å²) in [5.41, 5.74) is 5.95. The van der Waals surface area contributed by atoms with E-state index in [0.29, 0.717) is 38.4 Å². The van der Waals surface area contributed by atoms with Crippen molar-refractivity contribution in [3.63, 3.8) is 0 Å². The standard InChI is InChI=1S/C13H25N3O3S/c1-2-20(18,19)16-7-5-11(6-8-16)13(17)15-9-12(14)10-3-4-10/h10-12H,2-9,14H2,1H3,(H,15,17). The first-order valence-electron chi connectivity index (χ1n) is 7.45. The van der Waals surface area contributed by atoms with E-state index < -0.39 is 10.0 Å². The van der Waals surface area contributed by atoms with Gasteiger partial charge in [0.15, 0.2) is 0 Å². The van der Waals surface area contributed by atoms with Gasteiger partial charge >= 0.3 is 0 Å². The highest BCUT2D eigenvalue weighted by Gasteiger charge is 2.32. The number of piperidine rings is 1. The zero-order valence-electron chi connectivity index (χ0n) is 12.0. The van der Waals surface area contributed by atoms with Crippen molar-refractivity contribution in [1.29, 1.82) is 0 Å². The number of nitrogens with one attached hydrogen (secondary N) is 1. The van der Waals surface area contributed by atoms with Crippen LogP contribution in [0.15, 0.2) is 0 Å². The Labute approximate surface area is 121 Å². The molecule has 2 aliphatic rings. The highest BCUT2D eigenvalue weighted by molar-refractivity contribution is 7.89. The molecule has 2 rings (SSSR count). The maximum atomic E-state index is 12.0. The summed E-state index contributed by atoms with van der Waals surface area (Å²) in [6.45, 7) is 3.08. The number of nitrogens with two attached hydrogens (primary N) is 1. The molecule has 0 spiro atoms. The van der Waals surface area contributed by atoms with Gasteiger partial charge in [-0.2, -0.15) is 0 Å². The first-order valence-corrected chi connectivity index (χ1v) is 9.06. The molecule has 20 heavy (non-hydrogen) atoms. The normalized spacial score (nSPS) is 23.5. The molecule has 1 saturated heterocycles. The molecular formula is C13H25N3O3S. The maximum Gasteiger partial charge on any atom is 0.223 e. The van der Waals surface area contributed by atoms with Gasteiger partial charge in [0, 0.05) is 31.6 Å². The van der Waals surface area contributed by atoms with Crippen LogP contribution in [-0.4, -0.2) is 50.1 Å². The van der Waals surface area contributed by atoms with Gasteiger partial charge in [0.1, 0.15) is 0 Å². The van der Waals surface area contributed by atoms with Crippen LogP contribution in [0.25, 0.3) is 0 Å². The average Bonchev–Trinajstić information content (AvgIpc) is 3.29. The zero-order chi connectivity index (χ0) is 14.8. The van der Waals surface area contributed by atoms with Crippen molar-refractivity contribution in [2.45, 2.75) is 38.6 Å². The molecule has 1 heterocycles. The largest absolute Gasteiger partial charge is 0.354 e. The van der Waals surface area contributed by atoms with Crippen LogP contribution in [0.5, 0.6) is 0 Å². The van der Waals surface area contributed by atoms with E-state index in [2.05, 4.69) is 5.32 Å². The second-order valence-electron chi connectivity index (χ2n) is 5.82. The van der Waals surface area contributed by atoms with E-state index in [4.69, 9.17) is 5.73 Å². The Morgan fingerprint density at radius 2 is 1.90 bits per heavy atom. The second-order valence-corrected chi connectivity index (χ2v) is 8.08. The highest BCUT2D eigenvalue weighted by atomic mass is 32.2. The Hall–Kier alpha value is -0.660. The van der Waals surface area contributed by atoms with Gasteiger partial charge < -0.3 is 11.1 Å². The molecule has 0 radical (unpaired) electrons. The van der Waals surface area contributed by atoms with Gasteiger partial charge in [-0.1, -0.05) is 0 Å². The fourth-order valence-corrected chi connectivity index (χ4v) is 3.76. The van der Waals surface area contributed by atoms with Crippen molar-refractivity contribution < 1.29 is 13.2 Å². The molecule has 3 N–H and O–H groups in total. The fraction of sp³-hybridized carbons (Fsp3) is 0.923. The number of nitrogens with zero attached hydrogens (tertiary/aromatic N) is 1. The molecule has 116 valence electrons. The molecule has 1 aliphatic carbocycles. The summed E-state index contributed by atoms with van der Waals surface area (Å²) in [5, 5.41) is 2.91. The zero-order valence-corrected chi connectivity index (χ0v) is 12.9. The van der Waals surface area contributed by atoms with Crippen LogP contribution in [0, 0.1) is 11.8 Å². The van der Waals surface area contributed by atoms with E-state index >= 15 is 0 Å². The van der Waals surface area contributed by atoms with E-state index in [1.165, 1.54) is 17.1 Å². The molecule has 0 bridgehead atoms. The van der Waals surface area contributed by atoms with Crippen molar-refractivity contribution in [2.24, 2.45) is 17.6 Å². The first-order chi connectivity index (χ1) is 9.44. The van der Waals surface area contributed by atoms with Crippen molar-refractivity contribution in [2.75, 3.05) is 25.4 Å². The van der Waals surface area contributed by atoms with Crippen molar-refractivity contribution >= 4 is 15.9 Å². The number of hydrogen-bond donors (Lipinski definition) is 2. The van der Waals surface area contributed by atoms with Crippen LogP contribution >= 0.6 is 0 Å². The lowest BCUT2D eigenvalue weighted by molar-refractivity contribution is -0.126. The molecule has 1 amide bonds. The predicted octanol–water partition coefficient (Wildman–Crippen LogP) is -0.0984. The van der Waals surface area contributed by atoms with Gasteiger partial charge in [-0.3, -0.25) is 4.79 Å². The summed E-state index contributed by atoms with van der Waals surface area (Å²) in [4.78, 5) is 12.0. The molecule has 1 atom stereocenters. The average molecular weight is 303 g/mol. The van der Waals surface area contributed by atoms with E-state index in [-0.39, 0.29) is 23.6 Å². The summed E-state index contributed by atoms with van der Waals surface area (Å²) in [5.74, 6) is 0.645. The Morgan fingerprint density at radius 1 is 1.30 bits per heavy atom. The number of hydrogen-bond acceptors (Lipinski definition) is 4. The lowest BCUT2D eigenvalue weighted by Gasteiger charge is -2.30. The molecule has 7 heteroatoms. The second kappa shape index (κ2) is 6.41. The molecule has 1 unspecified atom stereocenters. The van der Waals surface area contributed by atoms with Gasteiger partial charge in [0.25, 0.3) is 0 Å². The van der Waals surface area contributed by atoms with Crippen LogP contribution < -0.4 is 11.1 Å². The van der Waals surface area contributed by atoms with Gasteiger partial charge in [-0.15, -0.1) is 0 Å². The van der Waals surface area contributed by atoms with Crippen molar-refractivity contribution in [3.8, 4) is 0 Å². The minimum absolute atomic E-state index is 0.0228. The molecule has 2 fully saturated rings. The molecular weight excluding hydrogens is 278 g/mol.